The fraction of sp³-hybridized carbons (Fsp3) is 0.0909. The molecular weight excluding hydrogens is 220 g/mol. The molecule has 2 aromatic rings. The lowest BCUT2D eigenvalue weighted by Gasteiger charge is -2.02. The molecule has 0 atom stereocenters. The second kappa shape index (κ2) is 4.56. The maximum absolute atomic E-state index is 11.2. The zero-order valence-corrected chi connectivity index (χ0v) is 9.11. The summed E-state index contributed by atoms with van der Waals surface area (Å²) >= 11 is 0. The van der Waals surface area contributed by atoms with Crippen LogP contribution in [0.25, 0.3) is 11.8 Å². The molecule has 0 aliphatic rings. The monoisotopic (exact) mass is 230 g/mol. The van der Waals surface area contributed by atoms with Gasteiger partial charge in [-0.05, 0) is 29.0 Å². The van der Waals surface area contributed by atoms with Crippen LogP contribution in [-0.4, -0.2) is 31.3 Å². The first kappa shape index (κ1) is 11.0. The zero-order chi connectivity index (χ0) is 12.3. The van der Waals surface area contributed by atoms with Gasteiger partial charge in [0.2, 0.25) is 0 Å². The van der Waals surface area contributed by atoms with Gasteiger partial charge in [-0.25, -0.2) is 4.79 Å². The standard InChI is InChI=1S/C11H10N4O2/c1-8-12-13-14-15(8)10(11(16)17)7-9-5-3-2-4-6-9/h2-7H,1H3,(H,16,17)/b10-7-. The first-order chi connectivity index (χ1) is 8.18. The van der Waals surface area contributed by atoms with Crippen molar-refractivity contribution in [2.24, 2.45) is 0 Å². The number of hydrogen-bond donors (Lipinski definition) is 1. The Kier molecular flexibility index (Phi) is 2.95. The zero-order valence-electron chi connectivity index (χ0n) is 9.11. The minimum absolute atomic E-state index is 0.0127. The number of aliphatic carboxylic acids is 1. The number of carboxylic acid groups (broad SMARTS) is 1. The summed E-state index contributed by atoms with van der Waals surface area (Å²) in [6.45, 7) is 1.64. The van der Waals surface area contributed by atoms with Crippen LogP contribution in [0.15, 0.2) is 30.3 Å². The fourth-order valence-corrected chi connectivity index (χ4v) is 1.37. The van der Waals surface area contributed by atoms with Crippen molar-refractivity contribution in [3.8, 4) is 0 Å². The lowest BCUT2D eigenvalue weighted by atomic mass is 10.2. The SMILES string of the molecule is Cc1nnnn1/C(=C\c1ccccc1)C(=O)O. The Labute approximate surface area is 97.2 Å². The van der Waals surface area contributed by atoms with Crippen molar-refractivity contribution in [3.63, 3.8) is 0 Å². The van der Waals surface area contributed by atoms with Gasteiger partial charge in [-0.15, -0.1) is 5.10 Å². The largest absolute Gasteiger partial charge is 0.477 e. The Bertz CT molecular complexity index is 560. The molecule has 0 amide bonds. The molecule has 86 valence electrons. The molecule has 0 unspecified atom stereocenters. The highest BCUT2D eigenvalue weighted by Gasteiger charge is 2.14. The second-order valence-electron chi connectivity index (χ2n) is 3.38. The molecule has 1 aromatic heterocycles. The summed E-state index contributed by atoms with van der Waals surface area (Å²) in [5.74, 6) is -0.654. The van der Waals surface area contributed by atoms with Gasteiger partial charge in [-0.3, -0.25) is 0 Å². The number of carboxylic acids is 1. The molecule has 1 aromatic carbocycles. The van der Waals surface area contributed by atoms with Crippen molar-refractivity contribution in [3.05, 3.63) is 41.7 Å². The Morgan fingerprint density at radius 3 is 2.59 bits per heavy atom. The van der Waals surface area contributed by atoms with Gasteiger partial charge in [0.15, 0.2) is 11.5 Å². The highest BCUT2D eigenvalue weighted by atomic mass is 16.4. The molecule has 17 heavy (non-hydrogen) atoms. The number of rotatable bonds is 3. The molecule has 1 heterocycles. The second-order valence-corrected chi connectivity index (χ2v) is 3.38. The van der Waals surface area contributed by atoms with Crippen LogP contribution in [0.3, 0.4) is 0 Å². The van der Waals surface area contributed by atoms with Gasteiger partial charge >= 0.3 is 5.97 Å². The van der Waals surface area contributed by atoms with Gasteiger partial charge < -0.3 is 5.11 Å². The minimum Gasteiger partial charge on any atom is -0.477 e. The van der Waals surface area contributed by atoms with Crippen molar-refractivity contribution in [1.29, 1.82) is 0 Å². The van der Waals surface area contributed by atoms with Crippen LogP contribution in [0.4, 0.5) is 0 Å². The summed E-state index contributed by atoms with van der Waals surface area (Å²) < 4.78 is 1.19. The molecule has 0 fully saturated rings. The third-order valence-corrected chi connectivity index (χ3v) is 2.18. The highest BCUT2D eigenvalue weighted by Crippen LogP contribution is 2.11. The van der Waals surface area contributed by atoms with E-state index in [4.69, 9.17) is 5.11 Å². The molecule has 1 N–H and O–H groups in total. The molecule has 6 heteroatoms. The Hall–Kier alpha value is -2.50. The van der Waals surface area contributed by atoms with Crippen LogP contribution in [-0.2, 0) is 4.79 Å². The van der Waals surface area contributed by atoms with E-state index in [1.165, 1.54) is 10.8 Å². The Balaban J connectivity index is 2.48. The number of carbonyl (C=O) groups is 1. The van der Waals surface area contributed by atoms with Gasteiger partial charge in [0, 0.05) is 0 Å². The third-order valence-electron chi connectivity index (χ3n) is 2.18. The molecule has 2 rings (SSSR count). The lowest BCUT2D eigenvalue weighted by molar-refractivity contribution is -0.130. The van der Waals surface area contributed by atoms with E-state index in [0.717, 1.165) is 5.56 Å². The van der Waals surface area contributed by atoms with E-state index in [1.54, 1.807) is 6.92 Å². The van der Waals surface area contributed by atoms with E-state index >= 15 is 0 Å². The van der Waals surface area contributed by atoms with E-state index in [9.17, 15) is 4.79 Å². The number of hydrogen-bond acceptors (Lipinski definition) is 4. The molecule has 0 bridgehead atoms. The molecule has 0 saturated carbocycles. The summed E-state index contributed by atoms with van der Waals surface area (Å²) in [7, 11) is 0. The average molecular weight is 230 g/mol. The first-order valence-corrected chi connectivity index (χ1v) is 4.94. The van der Waals surface area contributed by atoms with Gasteiger partial charge in [0.1, 0.15) is 0 Å². The van der Waals surface area contributed by atoms with Crippen LogP contribution in [0.2, 0.25) is 0 Å². The van der Waals surface area contributed by atoms with E-state index < -0.39 is 5.97 Å². The van der Waals surface area contributed by atoms with Crippen molar-refractivity contribution in [1.82, 2.24) is 20.2 Å². The number of aromatic nitrogens is 4. The van der Waals surface area contributed by atoms with E-state index in [2.05, 4.69) is 15.5 Å². The number of aryl methyl sites for hydroxylation is 1. The van der Waals surface area contributed by atoms with Crippen molar-refractivity contribution < 1.29 is 9.90 Å². The molecule has 0 aliphatic heterocycles. The van der Waals surface area contributed by atoms with Gasteiger partial charge in [-0.1, -0.05) is 30.3 Å². The summed E-state index contributed by atoms with van der Waals surface area (Å²) in [5, 5.41) is 19.9. The summed E-state index contributed by atoms with van der Waals surface area (Å²) in [6, 6.07) is 9.14. The predicted molar refractivity (Wildman–Crippen MR) is 60.8 cm³/mol. The molecule has 0 aliphatic carbocycles. The van der Waals surface area contributed by atoms with Crippen LogP contribution in [0.5, 0.6) is 0 Å². The Morgan fingerprint density at radius 2 is 2.06 bits per heavy atom. The predicted octanol–water partition coefficient (Wildman–Crippen LogP) is 1.06. The molecule has 0 radical (unpaired) electrons. The quantitative estimate of drug-likeness (QED) is 0.797. The lowest BCUT2D eigenvalue weighted by Crippen LogP contribution is -2.10. The maximum Gasteiger partial charge on any atom is 0.354 e. The van der Waals surface area contributed by atoms with Crippen molar-refractivity contribution in [2.75, 3.05) is 0 Å². The summed E-state index contributed by atoms with van der Waals surface area (Å²) in [6.07, 6.45) is 1.52. The first-order valence-electron chi connectivity index (χ1n) is 4.94. The van der Waals surface area contributed by atoms with Crippen molar-refractivity contribution >= 4 is 17.7 Å². The molecule has 6 nitrogen and oxygen atoms in total. The Morgan fingerprint density at radius 1 is 1.35 bits per heavy atom. The maximum atomic E-state index is 11.2. The molecule has 0 saturated heterocycles. The topological polar surface area (TPSA) is 80.9 Å². The third kappa shape index (κ3) is 2.36. The molecular formula is C11H10N4O2. The van der Waals surface area contributed by atoms with Gasteiger partial charge in [-0.2, -0.15) is 4.68 Å². The highest BCUT2D eigenvalue weighted by molar-refractivity contribution is 6.14. The number of tetrazole rings is 1. The summed E-state index contributed by atoms with van der Waals surface area (Å²) in [4.78, 5) is 11.2. The smallest absolute Gasteiger partial charge is 0.354 e. The van der Waals surface area contributed by atoms with E-state index in [0.29, 0.717) is 5.82 Å². The minimum atomic E-state index is -1.08. The van der Waals surface area contributed by atoms with Gasteiger partial charge in [0.05, 0.1) is 0 Å². The van der Waals surface area contributed by atoms with Crippen LogP contribution in [0, 0.1) is 6.92 Å². The normalized spacial score (nSPS) is 11.5. The van der Waals surface area contributed by atoms with Crippen LogP contribution < -0.4 is 0 Å². The van der Waals surface area contributed by atoms with Crippen molar-refractivity contribution in [2.45, 2.75) is 6.92 Å². The van der Waals surface area contributed by atoms with Gasteiger partial charge in [0.25, 0.3) is 0 Å². The molecule has 0 spiro atoms. The van der Waals surface area contributed by atoms with E-state index in [-0.39, 0.29) is 5.70 Å². The van der Waals surface area contributed by atoms with Crippen LogP contribution in [0.1, 0.15) is 11.4 Å². The number of nitrogens with zero attached hydrogens (tertiary/aromatic N) is 4. The number of benzene rings is 1. The average Bonchev–Trinajstić information content (AvgIpc) is 2.73. The summed E-state index contributed by atoms with van der Waals surface area (Å²) in [5.41, 5.74) is 0.790. The van der Waals surface area contributed by atoms with E-state index in [1.807, 2.05) is 30.3 Å². The fourth-order valence-electron chi connectivity index (χ4n) is 1.37. The van der Waals surface area contributed by atoms with Crippen LogP contribution >= 0.6 is 0 Å².